The van der Waals surface area contributed by atoms with Crippen LogP contribution in [-0.2, 0) is 0 Å². The highest BCUT2D eigenvalue weighted by Crippen LogP contribution is 2.48. The van der Waals surface area contributed by atoms with Gasteiger partial charge in [0.05, 0.1) is 0 Å². The van der Waals surface area contributed by atoms with Crippen molar-refractivity contribution in [2.45, 2.75) is 0 Å². The van der Waals surface area contributed by atoms with Crippen LogP contribution in [0.3, 0.4) is 0 Å². The van der Waals surface area contributed by atoms with Crippen LogP contribution in [0.1, 0.15) is 0 Å². The highest BCUT2D eigenvalue weighted by molar-refractivity contribution is 6.24. The molecule has 3 nitrogen and oxygen atoms in total. The molecule has 0 saturated heterocycles. The van der Waals surface area contributed by atoms with Gasteiger partial charge in [-0.2, -0.15) is 0 Å². The van der Waals surface area contributed by atoms with E-state index in [-0.39, 0.29) is 0 Å². The highest BCUT2D eigenvalue weighted by Gasteiger charge is 2.23. The summed E-state index contributed by atoms with van der Waals surface area (Å²) in [6.07, 6.45) is 0. The Bertz CT molecular complexity index is 3420. The summed E-state index contributed by atoms with van der Waals surface area (Å²) in [5, 5.41) is 10.2. The SMILES string of the molecule is c1ccc(-c2oc3c(ccc4c5cc(-c6c7ccccc7c(-c7ccc8oc9ccccc9c8c7)c7ccccc67)ccc5oc43)c2-c2ccccc2)cc1. The maximum absolute atomic E-state index is 6.81. The van der Waals surface area contributed by atoms with Crippen molar-refractivity contribution in [2.75, 3.05) is 0 Å². The van der Waals surface area contributed by atoms with Crippen LogP contribution in [0, 0.1) is 0 Å². The average Bonchev–Trinajstić information content (AvgIpc) is 3.94. The molecule has 3 aromatic heterocycles. The molecule has 3 heteroatoms. The van der Waals surface area contributed by atoms with E-state index in [2.05, 4.69) is 158 Å². The zero-order valence-electron chi connectivity index (χ0n) is 29.5. The van der Waals surface area contributed by atoms with Gasteiger partial charge in [0.15, 0.2) is 11.2 Å². The van der Waals surface area contributed by atoms with E-state index in [0.717, 1.165) is 82.9 Å². The summed E-state index contributed by atoms with van der Waals surface area (Å²) in [5.74, 6) is 0.841. The van der Waals surface area contributed by atoms with Crippen LogP contribution in [0.25, 0.3) is 121 Å². The monoisotopic (exact) mass is 702 g/mol. The summed E-state index contributed by atoms with van der Waals surface area (Å²) in [6, 6.07) is 64.3. The molecule has 55 heavy (non-hydrogen) atoms. The molecule has 0 atom stereocenters. The van der Waals surface area contributed by atoms with Crippen molar-refractivity contribution in [3.63, 3.8) is 0 Å². The Labute approximate surface area is 315 Å². The molecule has 0 aliphatic carbocycles. The van der Waals surface area contributed by atoms with Crippen LogP contribution in [0.15, 0.2) is 195 Å². The third-order valence-electron chi connectivity index (χ3n) is 11.3. The summed E-state index contributed by atoms with van der Waals surface area (Å²) in [6.45, 7) is 0. The minimum absolute atomic E-state index is 0.760. The Kier molecular flexibility index (Phi) is 6.34. The minimum Gasteiger partial charge on any atom is -0.456 e. The molecule has 12 aromatic rings. The van der Waals surface area contributed by atoms with E-state index >= 15 is 0 Å². The first-order valence-corrected chi connectivity index (χ1v) is 18.7. The van der Waals surface area contributed by atoms with Gasteiger partial charge in [-0.15, -0.1) is 0 Å². The van der Waals surface area contributed by atoms with Gasteiger partial charge in [-0.05, 0) is 91.8 Å². The number of rotatable bonds is 4. The average molecular weight is 703 g/mol. The van der Waals surface area contributed by atoms with Crippen molar-refractivity contribution in [1.82, 2.24) is 0 Å². The molecular weight excluding hydrogens is 673 g/mol. The smallest absolute Gasteiger partial charge is 0.178 e. The molecule has 9 aromatic carbocycles. The Morgan fingerprint density at radius 1 is 0.236 bits per heavy atom. The summed E-state index contributed by atoms with van der Waals surface area (Å²) in [7, 11) is 0. The van der Waals surface area contributed by atoms with Crippen LogP contribution in [0.2, 0.25) is 0 Å². The maximum atomic E-state index is 6.81. The molecule has 0 bridgehead atoms. The van der Waals surface area contributed by atoms with Crippen LogP contribution in [0.5, 0.6) is 0 Å². The second kappa shape index (κ2) is 11.6. The first kappa shape index (κ1) is 30.1. The van der Waals surface area contributed by atoms with Crippen molar-refractivity contribution in [3.05, 3.63) is 182 Å². The number of furan rings is 3. The maximum Gasteiger partial charge on any atom is 0.178 e. The van der Waals surface area contributed by atoms with Crippen molar-refractivity contribution in [2.24, 2.45) is 0 Å². The van der Waals surface area contributed by atoms with Crippen LogP contribution in [0.4, 0.5) is 0 Å². The van der Waals surface area contributed by atoms with Gasteiger partial charge in [0, 0.05) is 38.1 Å². The second-order valence-electron chi connectivity index (χ2n) is 14.3. The van der Waals surface area contributed by atoms with E-state index < -0.39 is 0 Å². The third-order valence-corrected chi connectivity index (χ3v) is 11.3. The predicted molar refractivity (Wildman–Crippen MR) is 228 cm³/mol. The summed E-state index contributed by atoms with van der Waals surface area (Å²) < 4.78 is 19.7. The third kappa shape index (κ3) is 4.44. The Hall–Kier alpha value is -7.36. The number of fused-ring (bicyclic) bond motifs is 10. The molecule has 3 heterocycles. The zero-order valence-corrected chi connectivity index (χ0v) is 29.5. The quantitative estimate of drug-likeness (QED) is 0.171. The van der Waals surface area contributed by atoms with Crippen molar-refractivity contribution in [3.8, 4) is 44.7 Å². The normalized spacial score (nSPS) is 12.0. The number of benzene rings is 9. The lowest BCUT2D eigenvalue weighted by Crippen LogP contribution is -1.90. The molecule has 256 valence electrons. The van der Waals surface area contributed by atoms with Gasteiger partial charge in [0.2, 0.25) is 0 Å². The number of para-hydroxylation sites is 1. The molecule has 0 spiro atoms. The number of hydrogen-bond acceptors (Lipinski definition) is 3. The zero-order chi connectivity index (χ0) is 36.0. The van der Waals surface area contributed by atoms with Gasteiger partial charge >= 0.3 is 0 Å². The topological polar surface area (TPSA) is 39.4 Å². The molecule has 0 saturated carbocycles. The van der Waals surface area contributed by atoms with Gasteiger partial charge in [-0.25, -0.2) is 0 Å². The van der Waals surface area contributed by atoms with E-state index in [1.807, 2.05) is 24.3 Å². The van der Waals surface area contributed by atoms with Gasteiger partial charge < -0.3 is 13.3 Å². The molecule has 0 aliphatic heterocycles. The Balaban J connectivity index is 1.09. The standard InChI is InChI=1S/C52H30O3/c1-3-13-31(14-4-1)49-41-26-25-40-43-30-34(24-28-46(43)54-51(40)52(41)55-50(49)32-15-5-2-6-16-32)48-38-20-9-7-18-36(38)47(37-19-8-10-21-39(37)48)33-23-27-45-42(29-33)35-17-11-12-22-44(35)53-45/h1-30H. The molecule has 0 unspecified atom stereocenters. The second-order valence-corrected chi connectivity index (χ2v) is 14.3. The van der Waals surface area contributed by atoms with Crippen LogP contribution >= 0.6 is 0 Å². The fraction of sp³-hybridized carbons (Fsp3) is 0. The largest absolute Gasteiger partial charge is 0.456 e. The van der Waals surface area contributed by atoms with E-state index in [9.17, 15) is 0 Å². The summed E-state index contributed by atoms with van der Waals surface area (Å²) >= 11 is 0. The van der Waals surface area contributed by atoms with Crippen molar-refractivity contribution in [1.29, 1.82) is 0 Å². The van der Waals surface area contributed by atoms with Gasteiger partial charge in [0.1, 0.15) is 22.5 Å². The molecular formula is C52H30O3. The van der Waals surface area contributed by atoms with Crippen LogP contribution < -0.4 is 0 Å². The van der Waals surface area contributed by atoms with Gasteiger partial charge in [0.25, 0.3) is 0 Å². The van der Waals surface area contributed by atoms with Gasteiger partial charge in [-0.3, -0.25) is 0 Å². The molecule has 0 N–H and O–H groups in total. The summed E-state index contributed by atoms with van der Waals surface area (Å²) in [4.78, 5) is 0. The molecule has 0 radical (unpaired) electrons. The first-order valence-electron chi connectivity index (χ1n) is 18.7. The Morgan fingerprint density at radius 3 is 1.31 bits per heavy atom. The molecule has 0 aliphatic rings. The lowest BCUT2D eigenvalue weighted by Gasteiger charge is -2.17. The van der Waals surface area contributed by atoms with Gasteiger partial charge in [-0.1, -0.05) is 140 Å². The summed E-state index contributed by atoms with van der Waals surface area (Å²) in [5.41, 5.74) is 12.1. The van der Waals surface area contributed by atoms with E-state index in [4.69, 9.17) is 13.3 Å². The minimum atomic E-state index is 0.760. The van der Waals surface area contributed by atoms with E-state index in [1.165, 1.54) is 38.2 Å². The first-order chi connectivity index (χ1) is 27.3. The fourth-order valence-corrected chi connectivity index (χ4v) is 8.86. The Morgan fingerprint density at radius 2 is 0.691 bits per heavy atom. The highest BCUT2D eigenvalue weighted by atomic mass is 16.4. The van der Waals surface area contributed by atoms with Crippen LogP contribution in [-0.4, -0.2) is 0 Å². The number of hydrogen-bond donors (Lipinski definition) is 0. The van der Waals surface area contributed by atoms with Crippen molar-refractivity contribution < 1.29 is 13.3 Å². The van der Waals surface area contributed by atoms with E-state index in [0.29, 0.717) is 0 Å². The predicted octanol–water partition coefficient (Wildman–Crippen LogP) is 15.2. The van der Waals surface area contributed by atoms with Crippen molar-refractivity contribution >= 4 is 76.4 Å². The molecule has 12 rings (SSSR count). The lowest BCUT2D eigenvalue weighted by atomic mass is 9.85. The van der Waals surface area contributed by atoms with E-state index in [1.54, 1.807) is 0 Å². The molecule has 0 fully saturated rings. The lowest BCUT2D eigenvalue weighted by molar-refractivity contribution is 0.612. The molecule has 0 amide bonds. The fourth-order valence-electron chi connectivity index (χ4n) is 8.86.